The molecule has 3 heterocycles. The van der Waals surface area contributed by atoms with Crippen molar-refractivity contribution in [3.63, 3.8) is 0 Å². The van der Waals surface area contributed by atoms with Crippen LogP contribution in [-0.4, -0.2) is 14.1 Å². The lowest BCUT2D eigenvalue weighted by Gasteiger charge is -2.22. The van der Waals surface area contributed by atoms with Crippen molar-refractivity contribution in [3.8, 4) is 33.9 Å². The zero-order chi connectivity index (χ0) is 39.1. The molecule has 9 aromatic rings. The summed E-state index contributed by atoms with van der Waals surface area (Å²) in [4.78, 5) is 4.85. The summed E-state index contributed by atoms with van der Waals surface area (Å²) in [5, 5.41) is 1.57. The Bertz CT molecular complexity index is 2990. The van der Waals surface area contributed by atoms with Crippen molar-refractivity contribution in [2.75, 3.05) is 0 Å². The van der Waals surface area contributed by atoms with Gasteiger partial charge in [0.15, 0.2) is 0 Å². The SMILES string of the molecule is FC(F)(F)c1ccc2c3ccccc3n(-c3cc(C(F)(F)F)c(-n4c5ccccc5c5ccc(C(F)(F)F)cc54)cc3-c3cccc(-c4ccccc4)n3)c2c1. The minimum atomic E-state index is -5.10. The second kappa shape index (κ2) is 12.5. The molecule has 0 amide bonds. The number of rotatable bonds is 4. The Hall–Kier alpha value is -6.56. The molecule has 3 aromatic heterocycles. The van der Waals surface area contributed by atoms with E-state index in [1.54, 1.807) is 91.0 Å². The quantitative estimate of drug-likeness (QED) is 0.164. The van der Waals surface area contributed by atoms with Crippen molar-refractivity contribution >= 4 is 43.6 Å². The largest absolute Gasteiger partial charge is 0.418 e. The molecule has 0 spiro atoms. The highest BCUT2D eigenvalue weighted by Gasteiger charge is 2.38. The number of halogens is 9. The van der Waals surface area contributed by atoms with Gasteiger partial charge in [-0.05, 0) is 60.7 Å². The minimum Gasteiger partial charge on any atom is -0.309 e. The molecule has 278 valence electrons. The Morgan fingerprint density at radius 3 is 1.39 bits per heavy atom. The number of para-hydroxylation sites is 2. The maximum absolute atomic E-state index is 15.6. The van der Waals surface area contributed by atoms with Crippen LogP contribution in [0.1, 0.15) is 16.7 Å². The first-order valence-corrected chi connectivity index (χ1v) is 17.2. The summed E-state index contributed by atoms with van der Waals surface area (Å²) in [7, 11) is 0. The lowest BCUT2D eigenvalue weighted by Crippen LogP contribution is -2.14. The lowest BCUT2D eigenvalue weighted by molar-refractivity contribution is -0.138. The van der Waals surface area contributed by atoms with Crippen LogP contribution in [0.2, 0.25) is 0 Å². The molecule has 0 saturated heterocycles. The van der Waals surface area contributed by atoms with Gasteiger partial charge in [0.2, 0.25) is 0 Å². The highest BCUT2D eigenvalue weighted by atomic mass is 19.4. The van der Waals surface area contributed by atoms with Gasteiger partial charge in [-0.15, -0.1) is 0 Å². The molecule has 0 aliphatic rings. The first-order valence-electron chi connectivity index (χ1n) is 17.2. The summed E-state index contributed by atoms with van der Waals surface area (Å²) in [6.07, 6.45) is -14.7. The molecule has 56 heavy (non-hydrogen) atoms. The van der Waals surface area contributed by atoms with Crippen LogP contribution in [0, 0.1) is 0 Å². The molecular formula is C44H24F9N3. The van der Waals surface area contributed by atoms with Gasteiger partial charge >= 0.3 is 18.5 Å². The van der Waals surface area contributed by atoms with E-state index in [9.17, 15) is 26.3 Å². The number of nitrogens with zero attached hydrogens (tertiary/aromatic N) is 3. The standard InChI is InChI=1S/C44H24F9N3/c45-42(46,47)26-17-19-30-28-11-4-6-15-36(28)55(38(30)21-26)40-24-33(44(51,52)53)41(23-32(40)35-14-8-13-34(54-35)25-9-2-1-3-10-25)56-37-16-7-5-12-29(37)31-20-18-27(22-39(31)56)43(48,49)50/h1-24H. The Labute approximate surface area is 311 Å². The van der Waals surface area contributed by atoms with E-state index < -0.39 is 40.9 Å². The van der Waals surface area contributed by atoms with Gasteiger partial charge in [0.1, 0.15) is 0 Å². The molecule has 6 aromatic carbocycles. The first-order chi connectivity index (χ1) is 26.7. The number of aromatic nitrogens is 3. The van der Waals surface area contributed by atoms with Crippen LogP contribution in [-0.2, 0) is 18.5 Å². The number of alkyl halides is 9. The molecule has 12 heteroatoms. The van der Waals surface area contributed by atoms with Crippen molar-refractivity contribution in [2.24, 2.45) is 0 Å². The number of hydrogen-bond donors (Lipinski definition) is 0. The molecule has 0 bridgehead atoms. The Morgan fingerprint density at radius 1 is 0.375 bits per heavy atom. The van der Waals surface area contributed by atoms with Crippen LogP contribution in [0.15, 0.2) is 146 Å². The predicted molar refractivity (Wildman–Crippen MR) is 199 cm³/mol. The Balaban J connectivity index is 1.46. The second-order valence-electron chi connectivity index (χ2n) is 13.3. The topological polar surface area (TPSA) is 22.8 Å². The van der Waals surface area contributed by atoms with Crippen molar-refractivity contribution in [3.05, 3.63) is 162 Å². The fourth-order valence-corrected chi connectivity index (χ4v) is 7.55. The van der Waals surface area contributed by atoms with E-state index in [0.717, 1.165) is 34.9 Å². The maximum atomic E-state index is 15.6. The fraction of sp³-hybridized carbons (Fsp3) is 0.0682. The van der Waals surface area contributed by atoms with Crippen molar-refractivity contribution in [1.29, 1.82) is 0 Å². The molecule has 0 unspecified atom stereocenters. The molecule has 3 nitrogen and oxygen atoms in total. The monoisotopic (exact) mass is 765 g/mol. The van der Waals surface area contributed by atoms with E-state index in [2.05, 4.69) is 0 Å². The van der Waals surface area contributed by atoms with Crippen LogP contribution < -0.4 is 0 Å². The fourth-order valence-electron chi connectivity index (χ4n) is 7.55. The smallest absolute Gasteiger partial charge is 0.309 e. The number of benzene rings is 6. The summed E-state index contributed by atoms with van der Waals surface area (Å²) < 4.78 is 134. The van der Waals surface area contributed by atoms with E-state index in [1.807, 2.05) is 0 Å². The molecule has 0 aliphatic carbocycles. The van der Waals surface area contributed by atoms with Crippen LogP contribution in [0.3, 0.4) is 0 Å². The van der Waals surface area contributed by atoms with Gasteiger partial charge in [-0.1, -0.05) is 84.9 Å². The van der Waals surface area contributed by atoms with E-state index in [4.69, 9.17) is 4.98 Å². The third kappa shape index (κ3) is 5.75. The average molecular weight is 766 g/mol. The number of fused-ring (bicyclic) bond motifs is 6. The van der Waals surface area contributed by atoms with Crippen molar-refractivity contribution in [2.45, 2.75) is 18.5 Å². The minimum absolute atomic E-state index is 0.00551. The van der Waals surface area contributed by atoms with Crippen LogP contribution in [0.5, 0.6) is 0 Å². The van der Waals surface area contributed by atoms with Gasteiger partial charge in [0, 0.05) is 32.7 Å². The van der Waals surface area contributed by atoms with Gasteiger partial charge in [0.25, 0.3) is 0 Å². The van der Waals surface area contributed by atoms with Gasteiger partial charge in [-0.25, -0.2) is 4.98 Å². The lowest BCUT2D eigenvalue weighted by atomic mass is 10.0. The van der Waals surface area contributed by atoms with Crippen LogP contribution in [0.25, 0.3) is 77.5 Å². The maximum Gasteiger partial charge on any atom is 0.418 e. The van der Waals surface area contributed by atoms with E-state index >= 15 is 13.2 Å². The van der Waals surface area contributed by atoms with Crippen molar-refractivity contribution in [1.82, 2.24) is 14.1 Å². The zero-order valence-corrected chi connectivity index (χ0v) is 28.6. The van der Waals surface area contributed by atoms with E-state index in [-0.39, 0.29) is 33.5 Å². The first kappa shape index (κ1) is 35.2. The summed E-state index contributed by atoms with van der Waals surface area (Å²) >= 11 is 0. The molecule has 0 aliphatic heterocycles. The van der Waals surface area contributed by atoms with Crippen molar-refractivity contribution < 1.29 is 39.5 Å². The van der Waals surface area contributed by atoms with Crippen LogP contribution >= 0.6 is 0 Å². The normalized spacial score (nSPS) is 12.7. The van der Waals surface area contributed by atoms with Gasteiger partial charge in [-0.2, -0.15) is 39.5 Å². The molecule has 0 atom stereocenters. The Kier molecular flexibility index (Phi) is 7.84. The van der Waals surface area contributed by atoms with Crippen LogP contribution in [0.4, 0.5) is 39.5 Å². The van der Waals surface area contributed by atoms with Gasteiger partial charge in [0.05, 0.1) is 61.5 Å². The Morgan fingerprint density at radius 2 is 0.857 bits per heavy atom. The molecule has 0 N–H and O–H groups in total. The molecule has 0 fully saturated rings. The molecular weight excluding hydrogens is 741 g/mol. The molecule has 0 saturated carbocycles. The predicted octanol–water partition coefficient (Wildman–Crippen LogP) is 13.7. The summed E-state index contributed by atoms with van der Waals surface area (Å²) in [6.45, 7) is 0. The number of hydrogen-bond acceptors (Lipinski definition) is 1. The average Bonchev–Trinajstić information content (AvgIpc) is 3.69. The summed E-state index contributed by atoms with van der Waals surface area (Å²) in [5.41, 5.74) is -2.09. The second-order valence-corrected chi connectivity index (χ2v) is 13.3. The third-order valence-electron chi connectivity index (χ3n) is 10.00. The summed E-state index contributed by atoms with van der Waals surface area (Å²) in [6, 6.07) is 35.0. The van der Waals surface area contributed by atoms with E-state index in [1.165, 1.54) is 28.8 Å². The molecule has 9 rings (SSSR count). The van der Waals surface area contributed by atoms with Gasteiger partial charge < -0.3 is 9.13 Å². The highest BCUT2D eigenvalue weighted by Crippen LogP contribution is 2.46. The third-order valence-corrected chi connectivity index (χ3v) is 10.00. The zero-order valence-electron chi connectivity index (χ0n) is 28.6. The van der Waals surface area contributed by atoms with E-state index in [0.29, 0.717) is 38.3 Å². The summed E-state index contributed by atoms with van der Waals surface area (Å²) in [5.74, 6) is 0. The molecule has 0 radical (unpaired) electrons. The van der Waals surface area contributed by atoms with Gasteiger partial charge in [-0.3, -0.25) is 0 Å². The highest BCUT2D eigenvalue weighted by molar-refractivity contribution is 6.11. The number of pyridine rings is 1.